The van der Waals surface area contributed by atoms with Gasteiger partial charge in [0, 0.05) is 17.3 Å². The normalized spacial score (nSPS) is 12.3. The Kier molecular flexibility index (Phi) is 3.94. The molecular weight excluding hydrogens is 304 g/mol. The van der Waals surface area contributed by atoms with Gasteiger partial charge in [-0.25, -0.2) is 4.98 Å². The Bertz CT molecular complexity index is 749. The van der Waals surface area contributed by atoms with Crippen molar-refractivity contribution in [2.45, 2.75) is 19.9 Å². The molecule has 2 aromatic heterocycles. The summed E-state index contributed by atoms with van der Waals surface area (Å²) in [6.07, 6.45) is 0. The lowest BCUT2D eigenvalue weighted by atomic mass is 10.1. The molecule has 0 spiro atoms. The van der Waals surface area contributed by atoms with Crippen LogP contribution in [-0.2, 0) is 0 Å². The van der Waals surface area contributed by atoms with Gasteiger partial charge in [0.15, 0.2) is 5.82 Å². The van der Waals surface area contributed by atoms with Crippen LogP contribution in [0.1, 0.15) is 24.4 Å². The molecule has 0 bridgehead atoms. The maximum atomic E-state index is 6.00. The van der Waals surface area contributed by atoms with Crippen LogP contribution >= 0.6 is 22.9 Å². The van der Waals surface area contributed by atoms with Gasteiger partial charge in [0.2, 0.25) is 0 Å². The summed E-state index contributed by atoms with van der Waals surface area (Å²) >= 11 is 7.55. The number of thiophene rings is 1. The Balaban J connectivity index is 1.89. The second-order valence-corrected chi connectivity index (χ2v) is 6.38. The lowest BCUT2D eigenvalue weighted by Gasteiger charge is -2.16. The van der Waals surface area contributed by atoms with Crippen molar-refractivity contribution < 1.29 is 0 Å². The van der Waals surface area contributed by atoms with Gasteiger partial charge in [-0.2, -0.15) is 5.10 Å². The topological polar surface area (TPSA) is 53.6 Å². The lowest BCUT2D eigenvalue weighted by molar-refractivity contribution is 0.890. The van der Waals surface area contributed by atoms with Crippen LogP contribution in [0.15, 0.2) is 35.7 Å². The first-order chi connectivity index (χ1) is 10.1. The molecule has 0 aliphatic carbocycles. The average molecular weight is 319 g/mol. The summed E-state index contributed by atoms with van der Waals surface area (Å²) in [6.45, 7) is 4.00. The Morgan fingerprint density at radius 1 is 1.33 bits per heavy atom. The van der Waals surface area contributed by atoms with E-state index in [-0.39, 0.29) is 6.04 Å². The standard InChI is InChI=1S/C15H15ClN4S/c1-9(11-7-14(16)21-8-11)17-13-6-4-3-5-12(13)15-18-10(2)19-20-15/h3-9,17H,1-2H3,(H,18,19,20). The Hall–Kier alpha value is -1.85. The third-order valence-corrected chi connectivity index (χ3v) is 4.33. The molecule has 6 heteroatoms. The average Bonchev–Trinajstić information content (AvgIpc) is 3.08. The van der Waals surface area contributed by atoms with Crippen molar-refractivity contribution in [2.75, 3.05) is 5.32 Å². The van der Waals surface area contributed by atoms with Crippen molar-refractivity contribution in [1.29, 1.82) is 0 Å². The maximum Gasteiger partial charge on any atom is 0.183 e. The highest BCUT2D eigenvalue weighted by molar-refractivity contribution is 7.14. The molecule has 1 unspecified atom stereocenters. The molecule has 0 amide bonds. The molecule has 21 heavy (non-hydrogen) atoms. The van der Waals surface area contributed by atoms with Crippen LogP contribution in [0.3, 0.4) is 0 Å². The molecule has 3 aromatic rings. The molecule has 3 rings (SSSR count). The van der Waals surface area contributed by atoms with Crippen LogP contribution in [0.25, 0.3) is 11.4 Å². The van der Waals surface area contributed by atoms with Crippen molar-refractivity contribution >= 4 is 28.6 Å². The summed E-state index contributed by atoms with van der Waals surface area (Å²) in [7, 11) is 0. The summed E-state index contributed by atoms with van der Waals surface area (Å²) in [4.78, 5) is 4.40. The minimum absolute atomic E-state index is 0.162. The number of benzene rings is 1. The third-order valence-electron chi connectivity index (χ3n) is 3.22. The monoisotopic (exact) mass is 318 g/mol. The first kappa shape index (κ1) is 14.1. The van der Waals surface area contributed by atoms with E-state index in [1.807, 2.05) is 37.3 Å². The van der Waals surface area contributed by atoms with Crippen LogP contribution in [-0.4, -0.2) is 15.2 Å². The molecule has 1 atom stereocenters. The fourth-order valence-electron chi connectivity index (χ4n) is 2.13. The summed E-state index contributed by atoms with van der Waals surface area (Å²) in [5, 5.41) is 12.7. The minimum Gasteiger partial charge on any atom is -0.378 e. The SMILES string of the molecule is Cc1nc(-c2ccccc2NC(C)c2csc(Cl)c2)n[nH]1. The fraction of sp³-hybridized carbons (Fsp3) is 0.200. The second-order valence-electron chi connectivity index (χ2n) is 4.84. The van der Waals surface area contributed by atoms with E-state index in [0.717, 1.165) is 21.4 Å². The summed E-state index contributed by atoms with van der Waals surface area (Å²) in [5.41, 5.74) is 3.16. The first-order valence-corrected chi connectivity index (χ1v) is 7.88. The number of halogens is 1. The number of nitrogens with zero attached hydrogens (tertiary/aromatic N) is 2. The molecule has 0 fully saturated rings. The van der Waals surface area contributed by atoms with Crippen molar-refractivity contribution in [2.24, 2.45) is 0 Å². The van der Waals surface area contributed by atoms with E-state index in [9.17, 15) is 0 Å². The number of nitrogens with one attached hydrogen (secondary N) is 2. The van der Waals surface area contributed by atoms with Gasteiger partial charge in [0.1, 0.15) is 5.82 Å². The molecule has 0 radical (unpaired) electrons. The molecule has 0 saturated carbocycles. The van der Waals surface area contributed by atoms with E-state index in [1.54, 1.807) is 11.3 Å². The predicted molar refractivity (Wildman–Crippen MR) is 87.9 cm³/mol. The summed E-state index contributed by atoms with van der Waals surface area (Å²) in [5.74, 6) is 1.50. The fourth-order valence-corrected chi connectivity index (χ4v) is 3.12. The number of aromatic amines is 1. The van der Waals surface area contributed by atoms with Crippen molar-refractivity contribution in [3.8, 4) is 11.4 Å². The van der Waals surface area contributed by atoms with Gasteiger partial charge in [0.25, 0.3) is 0 Å². The van der Waals surface area contributed by atoms with Crippen molar-refractivity contribution in [3.05, 3.63) is 51.4 Å². The van der Waals surface area contributed by atoms with Gasteiger partial charge in [-0.3, -0.25) is 5.10 Å². The Morgan fingerprint density at radius 2 is 2.14 bits per heavy atom. The Morgan fingerprint density at radius 3 is 2.81 bits per heavy atom. The number of rotatable bonds is 4. The molecule has 0 saturated heterocycles. The zero-order valence-electron chi connectivity index (χ0n) is 11.7. The van der Waals surface area contributed by atoms with E-state index >= 15 is 0 Å². The number of anilines is 1. The number of hydrogen-bond acceptors (Lipinski definition) is 4. The molecule has 4 nitrogen and oxygen atoms in total. The molecule has 108 valence electrons. The smallest absolute Gasteiger partial charge is 0.183 e. The van der Waals surface area contributed by atoms with Gasteiger partial charge < -0.3 is 5.32 Å². The zero-order valence-corrected chi connectivity index (χ0v) is 13.3. The largest absolute Gasteiger partial charge is 0.378 e. The van der Waals surface area contributed by atoms with E-state index in [4.69, 9.17) is 11.6 Å². The quantitative estimate of drug-likeness (QED) is 0.735. The van der Waals surface area contributed by atoms with Gasteiger partial charge in [-0.15, -0.1) is 11.3 Å². The van der Waals surface area contributed by atoms with E-state index in [0.29, 0.717) is 5.82 Å². The zero-order chi connectivity index (χ0) is 14.8. The van der Waals surface area contributed by atoms with Gasteiger partial charge in [-0.05, 0) is 43.0 Å². The molecule has 2 N–H and O–H groups in total. The van der Waals surface area contributed by atoms with E-state index in [1.165, 1.54) is 5.56 Å². The maximum absolute atomic E-state index is 6.00. The van der Waals surface area contributed by atoms with Crippen molar-refractivity contribution in [3.63, 3.8) is 0 Å². The van der Waals surface area contributed by atoms with Gasteiger partial charge in [-0.1, -0.05) is 23.7 Å². The third kappa shape index (κ3) is 3.09. The number of aryl methyl sites for hydroxylation is 1. The predicted octanol–water partition coefficient (Wildman–Crippen LogP) is 4.67. The number of H-pyrrole nitrogens is 1. The van der Waals surface area contributed by atoms with E-state index < -0.39 is 0 Å². The summed E-state index contributed by atoms with van der Waals surface area (Å²) in [6, 6.07) is 10.2. The van der Waals surface area contributed by atoms with Gasteiger partial charge >= 0.3 is 0 Å². The van der Waals surface area contributed by atoms with Crippen LogP contribution in [0.2, 0.25) is 4.34 Å². The first-order valence-electron chi connectivity index (χ1n) is 6.62. The molecular formula is C15H15ClN4S. The van der Waals surface area contributed by atoms with E-state index in [2.05, 4.69) is 32.8 Å². The highest BCUT2D eigenvalue weighted by Gasteiger charge is 2.13. The van der Waals surface area contributed by atoms with Crippen LogP contribution in [0.4, 0.5) is 5.69 Å². The number of hydrogen-bond donors (Lipinski definition) is 2. The molecule has 2 heterocycles. The van der Waals surface area contributed by atoms with Crippen LogP contribution < -0.4 is 5.32 Å². The van der Waals surface area contributed by atoms with Crippen LogP contribution in [0.5, 0.6) is 0 Å². The molecule has 0 aliphatic rings. The van der Waals surface area contributed by atoms with Crippen LogP contribution in [0, 0.1) is 6.92 Å². The number of aromatic nitrogens is 3. The minimum atomic E-state index is 0.162. The lowest BCUT2D eigenvalue weighted by Crippen LogP contribution is -2.06. The Labute approximate surface area is 132 Å². The second kappa shape index (κ2) is 5.87. The highest BCUT2D eigenvalue weighted by Crippen LogP contribution is 2.31. The van der Waals surface area contributed by atoms with Crippen molar-refractivity contribution in [1.82, 2.24) is 15.2 Å². The molecule has 1 aromatic carbocycles. The van der Waals surface area contributed by atoms with Gasteiger partial charge in [0.05, 0.1) is 4.34 Å². The summed E-state index contributed by atoms with van der Waals surface area (Å²) < 4.78 is 0.802. The number of para-hydroxylation sites is 1. The highest BCUT2D eigenvalue weighted by atomic mass is 35.5. The molecule has 0 aliphatic heterocycles.